The van der Waals surface area contributed by atoms with E-state index in [2.05, 4.69) is 0 Å². The molecule has 0 radical (unpaired) electrons. The van der Waals surface area contributed by atoms with Crippen LogP contribution in [-0.4, -0.2) is 10.9 Å². The van der Waals surface area contributed by atoms with E-state index in [-0.39, 0.29) is 10.9 Å². The number of aryl methyl sites for hydroxylation is 2. The molecule has 3 heteroatoms. The Morgan fingerprint density at radius 1 is 1.07 bits per heavy atom. The third kappa shape index (κ3) is 2.93. The minimum atomic E-state index is 0.0630. The Labute approximate surface area is 94.1 Å². The molecule has 1 aromatic rings. The van der Waals surface area contributed by atoms with Crippen molar-refractivity contribution in [2.24, 2.45) is 0 Å². The lowest BCUT2D eigenvalue weighted by molar-refractivity contribution is -0.109. The summed E-state index contributed by atoms with van der Waals surface area (Å²) in [5.74, 6) is 0.0648. The predicted octanol–water partition coefficient (Wildman–Crippen LogP) is 3.14. The minimum Gasteiger partial charge on any atom is -0.295 e. The molecule has 0 amide bonds. The molecule has 2 nitrogen and oxygen atoms in total. The van der Waals surface area contributed by atoms with E-state index in [1.807, 2.05) is 26.0 Å². The van der Waals surface area contributed by atoms with Crippen LogP contribution in [0.2, 0.25) is 0 Å². The van der Waals surface area contributed by atoms with Crippen LogP contribution >= 0.6 is 11.8 Å². The molecule has 0 bridgehead atoms. The first-order chi connectivity index (χ1) is 6.91. The number of thioether (sulfide) groups is 1. The van der Waals surface area contributed by atoms with Gasteiger partial charge in [-0.2, -0.15) is 0 Å². The lowest BCUT2D eigenvalue weighted by atomic mass is 10.0. The quantitative estimate of drug-likeness (QED) is 0.569. The fraction of sp³-hybridized carbons (Fsp3) is 0.333. The van der Waals surface area contributed by atoms with E-state index in [4.69, 9.17) is 0 Å². The highest BCUT2D eigenvalue weighted by Gasteiger charge is 2.09. The second-order valence-electron chi connectivity index (χ2n) is 3.58. The van der Waals surface area contributed by atoms with E-state index >= 15 is 0 Å². The summed E-state index contributed by atoms with van der Waals surface area (Å²) in [6, 6.07) is 3.75. The Hall–Kier alpha value is -1.09. The van der Waals surface area contributed by atoms with Gasteiger partial charge in [0.25, 0.3) is 0 Å². The van der Waals surface area contributed by atoms with Crippen LogP contribution in [-0.2, 0) is 4.79 Å². The smallest absolute Gasteiger partial charge is 0.190 e. The first-order valence-electron chi connectivity index (χ1n) is 4.72. The summed E-state index contributed by atoms with van der Waals surface area (Å²) in [6.07, 6.45) is 0. The van der Waals surface area contributed by atoms with Gasteiger partial charge in [0.05, 0.1) is 0 Å². The Morgan fingerprint density at radius 3 is 2.13 bits per heavy atom. The summed E-state index contributed by atoms with van der Waals surface area (Å²) in [7, 11) is 0. The SMILES string of the molecule is CC(=O)Sc1cc(C)c(C(C)=O)cc1C. The number of Topliss-reactive ketones (excluding diaryl/α,β-unsaturated/α-hetero) is 1. The van der Waals surface area contributed by atoms with E-state index in [1.54, 1.807) is 13.8 Å². The largest absolute Gasteiger partial charge is 0.295 e. The van der Waals surface area contributed by atoms with Crippen molar-refractivity contribution in [3.8, 4) is 0 Å². The summed E-state index contributed by atoms with van der Waals surface area (Å²) in [5, 5.41) is 0.0630. The topological polar surface area (TPSA) is 34.1 Å². The molecule has 15 heavy (non-hydrogen) atoms. The molecule has 0 aliphatic heterocycles. The first-order valence-corrected chi connectivity index (χ1v) is 5.54. The molecule has 0 saturated carbocycles. The second-order valence-corrected chi connectivity index (χ2v) is 4.80. The van der Waals surface area contributed by atoms with Crippen molar-refractivity contribution < 1.29 is 9.59 Å². The molecule has 1 rings (SSSR count). The number of carbonyl (C=O) groups excluding carboxylic acids is 2. The van der Waals surface area contributed by atoms with Gasteiger partial charge < -0.3 is 0 Å². The molecule has 0 saturated heterocycles. The maximum absolute atomic E-state index is 11.3. The molecule has 0 aliphatic rings. The minimum absolute atomic E-state index is 0.0630. The molecule has 80 valence electrons. The van der Waals surface area contributed by atoms with Gasteiger partial charge in [0.1, 0.15) is 0 Å². The maximum atomic E-state index is 11.3. The van der Waals surface area contributed by atoms with Crippen molar-refractivity contribution in [3.63, 3.8) is 0 Å². The van der Waals surface area contributed by atoms with Gasteiger partial charge in [-0.05, 0) is 44.0 Å². The van der Waals surface area contributed by atoms with Gasteiger partial charge in [0.15, 0.2) is 10.9 Å². The first kappa shape index (κ1) is 12.0. The van der Waals surface area contributed by atoms with Gasteiger partial charge in [-0.25, -0.2) is 0 Å². The highest BCUT2D eigenvalue weighted by Crippen LogP contribution is 2.26. The van der Waals surface area contributed by atoms with Crippen LogP contribution < -0.4 is 0 Å². The number of hydrogen-bond acceptors (Lipinski definition) is 3. The zero-order chi connectivity index (χ0) is 11.6. The van der Waals surface area contributed by atoms with E-state index in [9.17, 15) is 9.59 Å². The second kappa shape index (κ2) is 4.62. The molecule has 0 unspecified atom stereocenters. The molecule has 0 aromatic heterocycles. The Bertz CT molecular complexity index is 422. The summed E-state index contributed by atoms with van der Waals surface area (Å²) in [4.78, 5) is 23.2. The van der Waals surface area contributed by atoms with E-state index in [0.717, 1.165) is 21.6 Å². The summed E-state index contributed by atoms with van der Waals surface area (Å²) >= 11 is 1.21. The van der Waals surface area contributed by atoms with Gasteiger partial charge in [-0.15, -0.1) is 0 Å². The number of carbonyl (C=O) groups is 2. The lowest BCUT2D eigenvalue weighted by Gasteiger charge is -2.08. The van der Waals surface area contributed by atoms with Gasteiger partial charge in [-0.1, -0.05) is 11.8 Å². The van der Waals surface area contributed by atoms with Crippen LogP contribution in [0.3, 0.4) is 0 Å². The monoisotopic (exact) mass is 222 g/mol. The molecule has 0 heterocycles. The van der Waals surface area contributed by atoms with Gasteiger partial charge in [-0.3, -0.25) is 9.59 Å². The van der Waals surface area contributed by atoms with Crippen molar-refractivity contribution in [2.45, 2.75) is 32.6 Å². The van der Waals surface area contributed by atoms with E-state index in [1.165, 1.54) is 11.8 Å². The summed E-state index contributed by atoms with van der Waals surface area (Å²) in [6.45, 7) is 6.90. The van der Waals surface area contributed by atoms with Crippen molar-refractivity contribution in [1.82, 2.24) is 0 Å². The van der Waals surface area contributed by atoms with Crippen LogP contribution in [0.4, 0.5) is 0 Å². The van der Waals surface area contributed by atoms with Gasteiger partial charge >= 0.3 is 0 Å². The highest BCUT2D eigenvalue weighted by atomic mass is 32.2. The molecule has 0 spiro atoms. The van der Waals surface area contributed by atoms with Crippen molar-refractivity contribution >= 4 is 22.7 Å². The number of benzene rings is 1. The molecule has 0 N–H and O–H groups in total. The molecule has 1 aromatic carbocycles. The van der Waals surface area contributed by atoms with Crippen LogP contribution in [0.25, 0.3) is 0 Å². The normalized spacial score (nSPS) is 10.1. The Balaban J connectivity index is 3.19. The van der Waals surface area contributed by atoms with Gasteiger partial charge in [0.2, 0.25) is 0 Å². The summed E-state index contributed by atoms with van der Waals surface area (Å²) < 4.78 is 0. The third-order valence-electron chi connectivity index (χ3n) is 2.15. The molecular formula is C12H14O2S. The number of hydrogen-bond donors (Lipinski definition) is 0. The standard InChI is InChI=1S/C12H14O2S/c1-7-6-12(15-10(4)14)8(2)5-11(7)9(3)13/h5-6H,1-4H3. The van der Waals surface area contributed by atoms with E-state index in [0.29, 0.717) is 0 Å². The third-order valence-corrected chi connectivity index (χ3v) is 3.10. The zero-order valence-electron chi connectivity index (χ0n) is 9.38. The Kier molecular flexibility index (Phi) is 3.69. The number of ketones is 1. The molecular weight excluding hydrogens is 208 g/mol. The lowest BCUT2D eigenvalue weighted by Crippen LogP contribution is -1.98. The van der Waals surface area contributed by atoms with Crippen LogP contribution in [0.15, 0.2) is 17.0 Å². The van der Waals surface area contributed by atoms with Crippen LogP contribution in [0.5, 0.6) is 0 Å². The predicted molar refractivity (Wildman–Crippen MR) is 62.5 cm³/mol. The number of rotatable bonds is 2. The average Bonchev–Trinajstić information content (AvgIpc) is 2.09. The highest BCUT2D eigenvalue weighted by molar-refractivity contribution is 8.13. The fourth-order valence-electron chi connectivity index (χ4n) is 1.43. The van der Waals surface area contributed by atoms with Crippen molar-refractivity contribution in [3.05, 3.63) is 28.8 Å². The average molecular weight is 222 g/mol. The van der Waals surface area contributed by atoms with E-state index < -0.39 is 0 Å². The van der Waals surface area contributed by atoms with Crippen molar-refractivity contribution in [2.75, 3.05) is 0 Å². The molecule has 0 fully saturated rings. The fourth-order valence-corrected chi connectivity index (χ4v) is 2.20. The molecule has 0 atom stereocenters. The van der Waals surface area contributed by atoms with Crippen molar-refractivity contribution in [1.29, 1.82) is 0 Å². The Morgan fingerprint density at radius 2 is 1.67 bits per heavy atom. The zero-order valence-corrected chi connectivity index (χ0v) is 10.2. The van der Waals surface area contributed by atoms with Crippen LogP contribution in [0, 0.1) is 13.8 Å². The summed E-state index contributed by atoms with van der Waals surface area (Å²) in [5.41, 5.74) is 2.64. The van der Waals surface area contributed by atoms with Crippen LogP contribution in [0.1, 0.15) is 35.3 Å². The van der Waals surface area contributed by atoms with Gasteiger partial charge in [0, 0.05) is 17.4 Å². The maximum Gasteiger partial charge on any atom is 0.190 e. The molecule has 0 aliphatic carbocycles.